The molecule has 7 heteroatoms. The van der Waals surface area contributed by atoms with Gasteiger partial charge in [0.1, 0.15) is 0 Å². The molecule has 0 aromatic heterocycles. The summed E-state index contributed by atoms with van der Waals surface area (Å²) >= 11 is 0. The fourth-order valence-electron chi connectivity index (χ4n) is 1.92. The Morgan fingerprint density at radius 1 is 1.29 bits per heavy atom. The summed E-state index contributed by atoms with van der Waals surface area (Å²) in [5.41, 5.74) is 5.70. The Morgan fingerprint density at radius 2 is 1.95 bits per heavy atom. The van der Waals surface area contributed by atoms with Crippen molar-refractivity contribution >= 4 is 15.9 Å². The van der Waals surface area contributed by atoms with E-state index in [9.17, 15) is 13.2 Å². The van der Waals surface area contributed by atoms with Crippen LogP contribution >= 0.6 is 0 Å². The van der Waals surface area contributed by atoms with Crippen LogP contribution in [-0.2, 0) is 10.0 Å². The normalized spacial score (nSPS) is 11.6. The van der Waals surface area contributed by atoms with E-state index in [0.29, 0.717) is 38.2 Å². The molecule has 0 saturated heterocycles. The summed E-state index contributed by atoms with van der Waals surface area (Å²) < 4.78 is 26.2. The van der Waals surface area contributed by atoms with E-state index >= 15 is 0 Å². The van der Waals surface area contributed by atoms with Crippen molar-refractivity contribution in [1.82, 2.24) is 9.62 Å². The number of rotatable bonds is 8. The van der Waals surface area contributed by atoms with Gasteiger partial charge in [0.05, 0.1) is 4.90 Å². The van der Waals surface area contributed by atoms with Gasteiger partial charge in [0.15, 0.2) is 0 Å². The molecule has 0 aliphatic rings. The van der Waals surface area contributed by atoms with Gasteiger partial charge in [0, 0.05) is 25.2 Å². The topological polar surface area (TPSA) is 92.5 Å². The SMILES string of the molecule is CCN(CC)S(=O)(=O)c1cccc(C(=O)NCCCN)c1. The number of sulfonamides is 1. The van der Waals surface area contributed by atoms with E-state index in [1.54, 1.807) is 26.0 Å². The van der Waals surface area contributed by atoms with Crippen LogP contribution in [0.3, 0.4) is 0 Å². The van der Waals surface area contributed by atoms with Gasteiger partial charge in [-0.3, -0.25) is 4.79 Å². The van der Waals surface area contributed by atoms with Gasteiger partial charge in [-0.2, -0.15) is 4.31 Å². The molecule has 6 nitrogen and oxygen atoms in total. The van der Waals surface area contributed by atoms with E-state index in [0.717, 1.165) is 0 Å². The Labute approximate surface area is 126 Å². The Balaban J connectivity index is 2.97. The van der Waals surface area contributed by atoms with Crippen molar-refractivity contribution in [2.45, 2.75) is 25.2 Å². The number of nitrogens with zero attached hydrogens (tertiary/aromatic N) is 1. The standard InChI is InChI=1S/C14H23N3O3S/c1-3-17(4-2)21(19,20)13-8-5-7-12(11-13)14(18)16-10-6-9-15/h5,7-8,11H,3-4,6,9-10,15H2,1-2H3,(H,16,18). The lowest BCUT2D eigenvalue weighted by Gasteiger charge is -2.18. The maximum atomic E-state index is 12.4. The van der Waals surface area contributed by atoms with Gasteiger partial charge < -0.3 is 11.1 Å². The van der Waals surface area contributed by atoms with E-state index in [2.05, 4.69) is 5.32 Å². The Kier molecular flexibility index (Phi) is 6.80. The van der Waals surface area contributed by atoms with E-state index in [1.165, 1.54) is 16.4 Å². The van der Waals surface area contributed by atoms with E-state index < -0.39 is 10.0 Å². The van der Waals surface area contributed by atoms with Crippen LogP contribution in [0.25, 0.3) is 0 Å². The summed E-state index contributed by atoms with van der Waals surface area (Å²) in [5, 5.41) is 2.71. The lowest BCUT2D eigenvalue weighted by molar-refractivity contribution is 0.0953. The molecule has 0 fully saturated rings. The molecule has 0 heterocycles. The van der Waals surface area contributed by atoms with Gasteiger partial charge in [-0.05, 0) is 31.2 Å². The molecule has 1 aromatic rings. The maximum Gasteiger partial charge on any atom is 0.251 e. The van der Waals surface area contributed by atoms with Crippen LogP contribution < -0.4 is 11.1 Å². The first-order valence-electron chi connectivity index (χ1n) is 7.05. The molecular weight excluding hydrogens is 290 g/mol. The zero-order chi connectivity index (χ0) is 15.9. The summed E-state index contributed by atoms with van der Waals surface area (Å²) in [6.45, 7) is 5.32. The van der Waals surface area contributed by atoms with Gasteiger partial charge in [-0.25, -0.2) is 8.42 Å². The van der Waals surface area contributed by atoms with E-state index in [4.69, 9.17) is 5.73 Å². The highest BCUT2D eigenvalue weighted by molar-refractivity contribution is 7.89. The first-order valence-corrected chi connectivity index (χ1v) is 8.49. The summed E-state index contributed by atoms with van der Waals surface area (Å²) in [5.74, 6) is -0.292. The molecular formula is C14H23N3O3S. The van der Waals surface area contributed by atoms with Crippen molar-refractivity contribution in [3.8, 4) is 0 Å². The first-order chi connectivity index (χ1) is 9.97. The van der Waals surface area contributed by atoms with Crippen LogP contribution in [-0.4, -0.2) is 44.8 Å². The number of benzene rings is 1. The number of hydrogen-bond acceptors (Lipinski definition) is 4. The molecule has 118 valence electrons. The molecule has 0 bridgehead atoms. The van der Waals surface area contributed by atoms with Crippen LogP contribution in [0.5, 0.6) is 0 Å². The second-order valence-corrected chi connectivity index (χ2v) is 6.45. The second-order valence-electron chi connectivity index (χ2n) is 4.52. The molecule has 0 unspecified atom stereocenters. The molecule has 21 heavy (non-hydrogen) atoms. The van der Waals surface area contributed by atoms with Crippen LogP contribution in [0.2, 0.25) is 0 Å². The van der Waals surface area contributed by atoms with Crippen molar-refractivity contribution in [3.63, 3.8) is 0 Å². The van der Waals surface area contributed by atoms with Gasteiger partial charge in [0.25, 0.3) is 5.91 Å². The van der Waals surface area contributed by atoms with Crippen LogP contribution in [0.15, 0.2) is 29.2 Å². The quantitative estimate of drug-likeness (QED) is 0.694. The number of nitrogens with two attached hydrogens (primary N) is 1. The van der Waals surface area contributed by atoms with Gasteiger partial charge >= 0.3 is 0 Å². The minimum atomic E-state index is -3.55. The molecule has 1 amide bonds. The first kappa shape index (κ1) is 17.6. The fraction of sp³-hybridized carbons (Fsp3) is 0.500. The van der Waals surface area contributed by atoms with Crippen molar-refractivity contribution in [2.24, 2.45) is 5.73 Å². The fourth-order valence-corrected chi connectivity index (χ4v) is 3.42. The Morgan fingerprint density at radius 3 is 2.52 bits per heavy atom. The third kappa shape index (κ3) is 4.52. The summed E-state index contributed by atoms with van der Waals surface area (Å²) in [4.78, 5) is 12.1. The lowest BCUT2D eigenvalue weighted by atomic mass is 10.2. The molecule has 0 atom stereocenters. The van der Waals surface area contributed by atoms with Crippen molar-refractivity contribution in [1.29, 1.82) is 0 Å². The average Bonchev–Trinajstić information content (AvgIpc) is 2.48. The average molecular weight is 313 g/mol. The van der Waals surface area contributed by atoms with Crippen molar-refractivity contribution in [3.05, 3.63) is 29.8 Å². The zero-order valence-electron chi connectivity index (χ0n) is 12.5. The minimum absolute atomic E-state index is 0.137. The molecule has 1 rings (SSSR count). The van der Waals surface area contributed by atoms with Gasteiger partial charge in [-0.1, -0.05) is 19.9 Å². The summed E-state index contributed by atoms with van der Waals surface area (Å²) in [6.07, 6.45) is 0.684. The number of hydrogen-bond donors (Lipinski definition) is 2. The largest absolute Gasteiger partial charge is 0.352 e. The van der Waals surface area contributed by atoms with Crippen LogP contribution in [0.1, 0.15) is 30.6 Å². The number of amides is 1. The zero-order valence-corrected chi connectivity index (χ0v) is 13.3. The summed E-state index contributed by atoms with van der Waals surface area (Å²) in [7, 11) is -3.55. The highest BCUT2D eigenvalue weighted by Gasteiger charge is 2.22. The van der Waals surface area contributed by atoms with Crippen molar-refractivity contribution < 1.29 is 13.2 Å². The predicted octanol–water partition coefficient (Wildman–Crippen LogP) is 0.796. The monoisotopic (exact) mass is 313 g/mol. The highest BCUT2D eigenvalue weighted by Crippen LogP contribution is 2.16. The smallest absolute Gasteiger partial charge is 0.251 e. The minimum Gasteiger partial charge on any atom is -0.352 e. The second kappa shape index (κ2) is 8.11. The predicted molar refractivity (Wildman–Crippen MR) is 82.6 cm³/mol. The lowest BCUT2D eigenvalue weighted by Crippen LogP contribution is -2.31. The molecule has 0 saturated carbocycles. The molecule has 0 spiro atoms. The number of carbonyl (C=O) groups is 1. The van der Waals surface area contributed by atoms with Gasteiger partial charge in [0.2, 0.25) is 10.0 Å². The van der Waals surface area contributed by atoms with E-state index in [1.807, 2.05) is 0 Å². The highest BCUT2D eigenvalue weighted by atomic mass is 32.2. The summed E-state index contributed by atoms with van der Waals surface area (Å²) in [6, 6.07) is 6.09. The third-order valence-electron chi connectivity index (χ3n) is 3.11. The van der Waals surface area contributed by atoms with Crippen LogP contribution in [0.4, 0.5) is 0 Å². The van der Waals surface area contributed by atoms with E-state index in [-0.39, 0.29) is 10.8 Å². The number of carbonyl (C=O) groups excluding carboxylic acids is 1. The maximum absolute atomic E-state index is 12.4. The van der Waals surface area contributed by atoms with Gasteiger partial charge in [-0.15, -0.1) is 0 Å². The van der Waals surface area contributed by atoms with Crippen molar-refractivity contribution in [2.75, 3.05) is 26.2 Å². The Hall–Kier alpha value is -1.44. The third-order valence-corrected chi connectivity index (χ3v) is 5.15. The molecule has 0 aliphatic heterocycles. The number of nitrogens with one attached hydrogen (secondary N) is 1. The molecule has 1 aromatic carbocycles. The van der Waals surface area contributed by atoms with Crippen LogP contribution in [0, 0.1) is 0 Å². The molecule has 3 N–H and O–H groups in total. The molecule has 0 radical (unpaired) electrons. The Bertz CT molecular complexity index is 569. The molecule has 0 aliphatic carbocycles.